The van der Waals surface area contributed by atoms with E-state index in [1.165, 1.54) is 13.2 Å². The minimum atomic E-state index is -4.61. The van der Waals surface area contributed by atoms with Crippen molar-refractivity contribution in [3.05, 3.63) is 53.1 Å². The topological polar surface area (TPSA) is 67.4 Å². The number of alkyl halides is 3. The molecular weight excluding hydrogens is 361 g/mol. The number of ether oxygens (including phenoxy) is 1. The molecule has 2 aromatic carbocycles. The SMILES string of the molecule is COc1ccccc1NC(=O)C(=O)Nc1cc(C(F)(F)F)ccc1Cl. The average Bonchev–Trinajstić information content (AvgIpc) is 2.56. The second-order valence-corrected chi connectivity index (χ2v) is 5.21. The zero-order valence-electron chi connectivity index (χ0n) is 12.8. The van der Waals surface area contributed by atoms with Crippen LogP contribution in [0.1, 0.15) is 5.56 Å². The number of methoxy groups -OCH3 is 1. The van der Waals surface area contributed by atoms with Gasteiger partial charge in [-0.3, -0.25) is 9.59 Å². The maximum atomic E-state index is 12.7. The van der Waals surface area contributed by atoms with Gasteiger partial charge in [-0.25, -0.2) is 0 Å². The third-order valence-corrected chi connectivity index (χ3v) is 3.43. The molecule has 0 aliphatic rings. The molecule has 25 heavy (non-hydrogen) atoms. The third-order valence-electron chi connectivity index (χ3n) is 3.10. The average molecular weight is 373 g/mol. The van der Waals surface area contributed by atoms with Gasteiger partial charge in [0.15, 0.2) is 0 Å². The Morgan fingerprint density at radius 2 is 1.60 bits per heavy atom. The highest BCUT2D eigenvalue weighted by Crippen LogP contribution is 2.33. The second kappa shape index (κ2) is 7.43. The van der Waals surface area contributed by atoms with Gasteiger partial charge in [0.25, 0.3) is 0 Å². The molecule has 2 N–H and O–H groups in total. The van der Waals surface area contributed by atoms with Gasteiger partial charge in [0, 0.05) is 0 Å². The summed E-state index contributed by atoms with van der Waals surface area (Å²) in [6.07, 6.45) is -4.61. The van der Waals surface area contributed by atoms with Crippen molar-refractivity contribution < 1.29 is 27.5 Å². The Hall–Kier alpha value is -2.74. The first-order valence-electron chi connectivity index (χ1n) is 6.84. The molecule has 0 radical (unpaired) electrons. The largest absolute Gasteiger partial charge is 0.495 e. The molecule has 0 heterocycles. The molecule has 0 spiro atoms. The predicted octanol–water partition coefficient (Wildman–Crippen LogP) is 3.94. The highest BCUT2D eigenvalue weighted by Gasteiger charge is 2.31. The van der Waals surface area contributed by atoms with E-state index in [-0.39, 0.29) is 16.4 Å². The van der Waals surface area contributed by atoms with Gasteiger partial charge in [0.1, 0.15) is 5.75 Å². The minimum absolute atomic E-state index is 0.133. The number of halogens is 4. The molecule has 0 aliphatic heterocycles. The Morgan fingerprint density at radius 3 is 2.20 bits per heavy atom. The number of hydrogen-bond acceptors (Lipinski definition) is 3. The molecule has 9 heteroatoms. The van der Waals surface area contributed by atoms with Gasteiger partial charge in [-0.1, -0.05) is 23.7 Å². The molecule has 0 unspecified atom stereocenters. The van der Waals surface area contributed by atoms with Crippen molar-refractivity contribution in [2.75, 3.05) is 17.7 Å². The minimum Gasteiger partial charge on any atom is -0.495 e. The molecule has 0 bridgehead atoms. The third kappa shape index (κ3) is 4.63. The van der Waals surface area contributed by atoms with Crippen molar-refractivity contribution in [1.29, 1.82) is 0 Å². The maximum absolute atomic E-state index is 12.7. The van der Waals surface area contributed by atoms with Gasteiger partial charge in [0.05, 0.1) is 29.1 Å². The highest BCUT2D eigenvalue weighted by atomic mass is 35.5. The number of carbonyl (C=O) groups is 2. The van der Waals surface area contributed by atoms with Crippen LogP contribution in [0.3, 0.4) is 0 Å². The van der Waals surface area contributed by atoms with Gasteiger partial charge >= 0.3 is 18.0 Å². The van der Waals surface area contributed by atoms with Crippen LogP contribution in [0.5, 0.6) is 5.75 Å². The zero-order chi connectivity index (χ0) is 18.6. The van der Waals surface area contributed by atoms with Crippen molar-refractivity contribution in [2.45, 2.75) is 6.18 Å². The van der Waals surface area contributed by atoms with E-state index in [1.807, 2.05) is 0 Å². The predicted molar refractivity (Wildman–Crippen MR) is 86.7 cm³/mol. The van der Waals surface area contributed by atoms with Gasteiger partial charge in [-0.05, 0) is 30.3 Å². The zero-order valence-corrected chi connectivity index (χ0v) is 13.5. The van der Waals surface area contributed by atoms with Crippen molar-refractivity contribution >= 4 is 34.8 Å². The summed E-state index contributed by atoms with van der Waals surface area (Å²) < 4.78 is 43.2. The first kappa shape index (κ1) is 18.6. The molecule has 0 aliphatic carbocycles. The van der Waals surface area contributed by atoms with Crippen LogP contribution in [0.4, 0.5) is 24.5 Å². The summed E-state index contributed by atoms with van der Waals surface area (Å²) in [6, 6.07) is 8.75. The number of carbonyl (C=O) groups excluding carboxylic acids is 2. The lowest BCUT2D eigenvalue weighted by Crippen LogP contribution is -2.29. The summed E-state index contributed by atoms with van der Waals surface area (Å²) in [7, 11) is 1.38. The first-order valence-corrected chi connectivity index (χ1v) is 7.22. The normalized spacial score (nSPS) is 10.9. The quantitative estimate of drug-likeness (QED) is 0.802. The summed E-state index contributed by atoms with van der Waals surface area (Å²) in [5.74, 6) is -1.94. The first-order chi connectivity index (χ1) is 11.7. The summed E-state index contributed by atoms with van der Waals surface area (Å²) in [5.41, 5.74) is -1.09. The molecule has 5 nitrogen and oxygen atoms in total. The van der Waals surface area contributed by atoms with E-state index < -0.39 is 23.6 Å². The van der Waals surface area contributed by atoms with Crippen molar-refractivity contribution in [2.24, 2.45) is 0 Å². The smallest absolute Gasteiger partial charge is 0.416 e. The molecule has 2 amide bonds. The Bertz CT molecular complexity index is 809. The summed E-state index contributed by atoms with van der Waals surface area (Å²) in [6.45, 7) is 0. The molecule has 0 atom stereocenters. The summed E-state index contributed by atoms with van der Waals surface area (Å²) in [4.78, 5) is 23.9. The molecule has 0 fully saturated rings. The van der Waals surface area contributed by atoms with Gasteiger partial charge in [-0.2, -0.15) is 13.2 Å². The van der Waals surface area contributed by atoms with E-state index in [4.69, 9.17) is 16.3 Å². The lowest BCUT2D eigenvalue weighted by atomic mass is 10.2. The summed E-state index contributed by atoms with van der Waals surface area (Å²) in [5, 5.41) is 4.23. The summed E-state index contributed by atoms with van der Waals surface area (Å²) >= 11 is 5.77. The van der Waals surface area contributed by atoms with Crippen molar-refractivity contribution in [3.8, 4) is 5.75 Å². The van der Waals surface area contributed by atoms with E-state index in [0.717, 1.165) is 12.1 Å². The number of hydrogen-bond donors (Lipinski definition) is 2. The monoisotopic (exact) mass is 372 g/mol. The fraction of sp³-hybridized carbons (Fsp3) is 0.125. The van der Waals surface area contributed by atoms with Gasteiger partial charge < -0.3 is 15.4 Å². The Labute approximate surface area is 145 Å². The van der Waals surface area contributed by atoms with Crippen LogP contribution in [0.25, 0.3) is 0 Å². The van der Waals surface area contributed by atoms with Crippen molar-refractivity contribution in [3.63, 3.8) is 0 Å². The maximum Gasteiger partial charge on any atom is 0.416 e. The molecule has 132 valence electrons. The molecular formula is C16H12ClF3N2O3. The fourth-order valence-corrected chi connectivity index (χ4v) is 2.07. The Balaban J connectivity index is 2.15. The van der Waals surface area contributed by atoms with E-state index >= 15 is 0 Å². The van der Waals surface area contributed by atoms with E-state index in [0.29, 0.717) is 11.8 Å². The fourth-order valence-electron chi connectivity index (χ4n) is 1.90. The number of benzene rings is 2. The van der Waals surface area contributed by atoms with E-state index in [9.17, 15) is 22.8 Å². The van der Waals surface area contributed by atoms with Crippen LogP contribution in [-0.4, -0.2) is 18.9 Å². The van der Waals surface area contributed by atoms with Crippen LogP contribution in [0, 0.1) is 0 Å². The Kier molecular flexibility index (Phi) is 5.53. The molecule has 0 aromatic heterocycles. The van der Waals surface area contributed by atoms with Gasteiger partial charge in [-0.15, -0.1) is 0 Å². The van der Waals surface area contributed by atoms with Crippen LogP contribution >= 0.6 is 11.6 Å². The number of amides is 2. The molecule has 0 saturated heterocycles. The van der Waals surface area contributed by atoms with Crippen molar-refractivity contribution in [1.82, 2.24) is 0 Å². The highest BCUT2D eigenvalue weighted by molar-refractivity contribution is 6.45. The van der Waals surface area contributed by atoms with Gasteiger partial charge in [0.2, 0.25) is 0 Å². The lowest BCUT2D eigenvalue weighted by Gasteiger charge is -2.12. The molecule has 0 saturated carbocycles. The standard InChI is InChI=1S/C16H12ClF3N2O3/c1-25-13-5-3-2-4-11(13)21-14(23)15(24)22-12-8-9(16(18,19)20)6-7-10(12)17/h2-8H,1H3,(H,21,23)(H,22,24). The van der Waals surface area contributed by atoms with E-state index in [2.05, 4.69) is 10.6 Å². The van der Waals surface area contributed by atoms with Crippen LogP contribution in [0.15, 0.2) is 42.5 Å². The Morgan fingerprint density at radius 1 is 1.00 bits per heavy atom. The van der Waals surface area contributed by atoms with Crippen LogP contribution in [-0.2, 0) is 15.8 Å². The lowest BCUT2D eigenvalue weighted by molar-refractivity contribution is -0.137. The second-order valence-electron chi connectivity index (χ2n) is 4.80. The van der Waals surface area contributed by atoms with Crippen LogP contribution < -0.4 is 15.4 Å². The molecule has 2 aromatic rings. The number of nitrogens with one attached hydrogen (secondary N) is 2. The number of anilines is 2. The van der Waals surface area contributed by atoms with Crippen LogP contribution in [0.2, 0.25) is 5.02 Å². The number of para-hydroxylation sites is 2. The molecule has 2 rings (SSSR count). The number of rotatable bonds is 3. The van der Waals surface area contributed by atoms with E-state index in [1.54, 1.807) is 18.2 Å².